The molecule has 0 aromatic heterocycles. The molecule has 2 bridgehead atoms. The number of Topliss-reactive ketones (excluding diaryl/α,β-unsaturated/α-hetero) is 1. The van der Waals surface area contributed by atoms with Crippen LogP contribution in [-0.4, -0.2) is 20.0 Å². The second kappa shape index (κ2) is 5.06. The molecule has 1 aromatic carbocycles. The van der Waals surface area contributed by atoms with Crippen LogP contribution < -0.4 is 4.72 Å². The lowest BCUT2D eigenvalue weighted by Gasteiger charge is -2.36. The Bertz CT molecular complexity index is 729. The van der Waals surface area contributed by atoms with Gasteiger partial charge in [0.05, 0.1) is 16.9 Å². The van der Waals surface area contributed by atoms with E-state index in [0.29, 0.717) is 28.9 Å². The molecule has 1 aromatic rings. The van der Waals surface area contributed by atoms with Crippen LogP contribution in [0.15, 0.2) is 28.7 Å². The van der Waals surface area contributed by atoms with Crippen molar-refractivity contribution in [2.75, 3.05) is 10.5 Å². The fourth-order valence-corrected chi connectivity index (χ4v) is 6.61. The zero-order chi connectivity index (χ0) is 16.2. The Morgan fingerprint density at radius 2 is 2.00 bits per heavy atom. The average Bonchev–Trinajstić information content (AvgIpc) is 2.74. The number of carbonyl (C=O) groups excluding carboxylic acids is 1. The van der Waals surface area contributed by atoms with Crippen molar-refractivity contribution < 1.29 is 13.2 Å². The first-order chi connectivity index (χ1) is 10.2. The summed E-state index contributed by atoms with van der Waals surface area (Å²) < 4.78 is 28.6. The Kier molecular flexibility index (Phi) is 3.68. The molecule has 0 radical (unpaired) electrons. The molecule has 120 valence electrons. The lowest BCUT2D eigenvalue weighted by atomic mass is 9.70. The van der Waals surface area contributed by atoms with Crippen LogP contribution in [0.25, 0.3) is 0 Å². The second-order valence-electron chi connectivity index (χ2n) is 7.01. The molecule has 3 rings (SSSR count). The first kappa shape index (κ1) is 16.0. The molecule has 6 heteroatoms. The van der Waals surface area contributed by atoms with E-state index in [1.807, 2.05) is 19.9 Å². The normalized spacial score (nSPS) is 29.8. The maximum absolute atomic E-state index is 12.6. The monoisotopic (exact) mass is 385 g/mol. The van der Waals surface area contributed by atoms with Gasteiger partial charge in [-0.3, -0.25) is 9.52 Å². The van der Waals surface area contributed by atoms with Crippen molar-refractivity contribution in [3.8, 4) is 0 Å². The minimum absolute atomic E-state index is 0.117. The van der Waals surface area contributed by atoms with E-state index in [4.69, 9.17) is 0 Å². The van der Waals surface area contributed by atoms with Crippen molar-refractivity contribution in [3.63, 3.8) is 0 Å². The van der Waals surface area contributed by atoms with Crippen molar-refractivity contribution in [2.24, 2.45) is 16.7 Å². The molecule has 22 heavy (non-hydrogen) atoms. The largest absolute Gasteiger partial charge is 0.299 e. The van der Waals surface area contributed by atoms with Crippen molar-refractivity contribution in [3.05, 3.63) is 28.7 Å². The van der Waals surface area contributed by atoms with E-state index < -0.39 is 15.4 Å². The average molecular weight is 386 g/mol. The van der Waals surface area contributed by atoms with Crippen LogP contribution in [-0.2, 0) is 14.8 Å². The van der Waals surface area contributed by atoms with E-state index in [9.17, 15) is 13.2 Å². The number of halogens is 1. The molecule has 0 saturated heterocycles. The number of hydrogen-bond donors (Lipinski definition) is 1. The molecule has 2 atom stereocenters. The number of hydrogen-bond acceptors (Lipinski definition) is 3. The number of sulfonamides is 1. The van der Waals surface area contributed by atoms with Gasteiger partial charge in [0.15, 0.2) is 0 Å². The van der Waals surface area contributed by atoms with E-state index in [2.05, 4.69) is 20.7 Å². The molecule has 0 amide bonds. The van der Waals surface area contributed by atoms with E-state index in [-0.39, 0.29) is 17.0 Å². The Hall–Kier alpha value is -0.880. The fraction of sp³-hybridized carbons (Fsp3) is 0.562. The number of para-hydroxylation sites is 1. The van der Waals surface area contributed by atoms with Gasteiger partial charge < -0.3 is 0 Å². The highest BCUT2D eigenvalue weighted by Gasteiger charge is 2.65. The van der Waals surface area contributed by atoms with E-state index in [1.165, 1.54) is 0 Å². The quantitative estimate of drug-likeness (QED) is 0.860. The van der Waals surface area contributed by atoms with Gasteiger partial charge in [0.1, 0.15) is 5.78 Å². The molecular weight excluding hydrogens is 366 g/mol. The van der Waals surface area contributed by atoms with Gasteiger partial charge in [0.2, 0.25) is 10.0 Å². The first-order valence-electron chi connectivity index (χ1n) is 7.46. The molecule has 2 aliphatic rings. The molecule has 0 spiro atoms. The minimum atomic E-state index is -3.59. The molecule has 0 heterocycles. The van der Waals surface area contributed by atoms with Crippen molar-refractivity contribution in [2.45, 2.75) is 33.1 Å². The molecule has 2 aliphatic carbocycles. The third-order valence-electron chi connectivity index (χ3n) is 5.71. The van der Waals surface area contributed by atoms with Crippen LogP contribution in [0.4, 0.5) is 5.69 Å². The Morgan fingerprint density at radius 1 is 1.32 bits per heavy atom. The van der Waals surface area contributed by atoms with E-state index in [1.54, 1.807) is 18.2 Å². The number of ketones is 1. The van der Waals surface area contributed by atoms with Crippen molar-refractivity contribution in [1.29, 1.82) is 0 Å². The maximum Gasteiger partial charge on any atom is 0.233 e. The molecular formula is C16H20BrNO3S. The number of anilines is 1. The van der Waals surface area contributed by atoms with Crippen LogP contribution in [0.1, 0.15) is 33.1 Å². The van der Waals surface area contributed by atoms with E-state index >= 15 is 0 Å². The molecule has 1 N–H and O–H groups in total. The van der Waals surface area contributed by atoms with Gasteiger partial charge in [0.25, 0.3) is 0 Å². The van der Waals surface area contributed by atoms with Crippen LogP contribution in [0.3, 0.4) is 0 Å². The number of fused-ring (bicyclic) bond motifs is 2. The van der Waals surface area contributed by atoms with E-state index in [0.717, 1.165) is 6.42 Å². The topological polar surface area (TPSA) is 63.2 Å². The van der Waals surface area contributed by atoms with Gasteiger partial charge in [-0.15, -0.1) is 0 Å². The zero-order valence-electron chi connectivity index (χ0n) is 12.7. The predicted molar refractivity (Wildman–Crippen MR) is 90.1 cm³/mol. The van der Waals surface area contributed by atoms with Crippen molar-refractivity contribution >= 4 is 37.4 Å². The summed E-state index contributed by atoms with van der Waals surface area (Å²) in [6.45, 7) is 4.09. The summed E-state index contributed by atoms with van der Waals surface area (Å²) in [5.74, 6) is 0.314. The van der Waals surface area contributed by atoms with Gasteiger partial charge in [-0.05, 0) is 52.2 Å². The van der Waals surface area contributed by atoms with Gasteiger partial charge in [-0.25, -0.2) is 8.42 Å². The third-order valence-corrected chi connectivity index (χ3v) is 7.81. The van der Waals surface area contributed by atoms with Gasteiger partial charge in [-0.1, -0.05) is 26.0 Å². The maximum atomic E-state index is 12.6. The molecule has 2 unspecified atom stereocenters. The lowest BCUT2D eigenvalue weighted by molar-refractivity contribution is -0.128. The predicted octanol–water partition coefficient (Wildman–Crippen LogP) is 3.59. The summed E-state index contributed by atoms with van der Waals surface area (Å²) in [6, 6.07) is 7.09. The third kappa shape index (κ3) is 2.31. The van der Waals surface area contributed by atoms with Crippen LogP contribution in [0, 0.1) is 16.7 Å². The summed E-state index contributed by atoms with van der Waals surface area (Å²) in [5, 5.41) is 0. The SMILES string of the molecule is CC1(C)C2CCC1(CS(=O)(=O)Nc1ccccc1Br)C(=O)C2. The van der Waals surface area contributed by atoms with Gasteiger partial charge in [0, 0.05) is 10.9 Å². The molecule has 2 saturated carbocycles. The Labute approximate surface area is 139 Å². The van der Waals surface area contributed by atoms with Gasteiger partial charge in [-0.2, -0.15) is 0 Å². The number of carbonyl (C=O) groups is 1. The Balaban J connectivity index is 1.89. The Morgan fingerprint density at radius 3 is 2.55 bits per heavy atom. The summed E-state index contributed by atoms with van der Waals surface area (Å²) in [6.07, 6.45) is 2.15. The fourth-order valence-electron chi connectivity index (χ4n) is 4.18. The first-order valence-corrected chi connectivity index (χ1v) is 9.91. The van der Waals surface area contributed by atoms with Gasteiger partial charge >= 0.3 is 0 Å². The van der Waals surface area contributed by atoms with Crippen LogP contribution in [0.2, 0.25) is 0 Å². The highest BCUT2D eigenvalue weighted by atomic mass is 79.9. The van der Waals surface area contributed by atoms with Crippen LogP contribution >= 0.6 is 15.9 Å². The minimum Gasteiger partial charge on any atom is -0.299 e. The summed E-state index contributed by atoms with van der Waals surface area (Å²) in [5.41, 5.74) is -0.464. The standard InChI is InChI=1S/C16H20BrNO3S/c1-15(2)11-7-8-16(15,14(19)9-11)10-22(20,21)18-13-6-4-3-5-12(13)17/h3-6,11,18H,7-10H2,1-2H3. The van der Waals surface area contributed by atoms with Crippen molar-refractivity contribution in [1.82, 2.24) is 0 Å². The molecule has 2 fully saturated rings. The summed E-state index contributed by atoms with van der Waals surface area (Å²) in [4.78, 5) is 12.5. The summed E-state index contributed by atoms with van der Waals surface area (Å²) >= 11 is 3.34. The lowest BCUT2D eigenvalue weighted by Crippen LogP contribution is -2.43. The number of rotatable bonds is 4. The smallest absolute Gasteiger partial charge is 0.233 e. The zero-order valence-corrected chi connectivity index (χ0v) is 15.1. The number of nitrogens with one attached hydrogen (secondary N) is 1. The second-order valence-corrected chi connectivity index (χ2v) is 9.58. The highest BCUT2D eigenvalue weighted by Crippen LogP contribution is 2.64. The van der Waals surface area contributed by atoms with Crippen LogP contribution in [0.5, 0.6) is 0 Å². The number of benzene rings is 1. The summed E-state index contributed by atoms with van der Waals surface area (Å²) in [7, 11) is -3.59. The molecule has 4 nitrogen and oxygen atoms in total. The molecule has 0 aliphatic heterocycles. The highest BCUT2D eigenvalue weighted by molar-refractivity contribution is 9.10.